The Labute approximate surface area is 164 Å². The molecule has 1 saturated heterocycles. The Bertz CT molecular complexity index is 1290. The lowest BCUT2D eigenvalue weighted by molar-refractivity contribution is 0.389. The van der Waals surface area contributed by atoms with Crippen LogP contribution in [0.15, 0.2) is 34.1 Å². The summed E-state index contributed by atoms with van der Waals surface area (Å²) in [5.41, 5.74) is 0.155. The van der Waals surface area contributed by atoms with E-state index in [2.05, 4.69) is 15.0 Å². The van der Waals surface area contributed by atoms with E-state index in [0.717, 1.165) is 0 Å². The molecule has 0 atom stereocenters. The fraction of sp³-hybridized carbons (Fsp3) is 0.316. The zero-order valence-electron chi connectivity index (χ0n) is 15.6. The minimum atomic E-state index is -0.643. The molecule has 0 saturated carbocycles. The number of nitrogens with zero attached hydrogens (tertiary/aromatic N) is 8. The van der Waals surface area contributed by atoms with Gasteiger partial charge in [-0.05, 0) is 25.0 Å². The molecular formula is C19H16N8O2. The SMILES string of the molecule is Cn1c(=O)c(=O)n(C2CCN(c3ncc(C#N)cn3)CC2)c2nc(C#N)ccc21. The molecule has 0 aliphatic carbocycles. The molecule has 3 aromatic rings. The van der Waals surface area contributed by atoms with E-state index in [1.54, 1.807) is 6.07 Å². The Balaban J connectivity index is 1.69. The van der Waals surface area contributed by atoms with Gasteiger partial charge in [-0.3, -0.25) is 14.2 Å². The molecule has 0 amide bonds. The molecule has 0 bridgehead atoms. The molecule has 144 valence electrons. The summed E-state index contributed by atoms with van der Waals surface area (Å²) in [5, 5.41) is 18.0. The van der Waals surface area contributed by atoms with Crippen LogP contribution in [-0.4, -0.2) is 37.2 Å². The molecule has 10 heteroatoms. The summed E-state index contributed by atoms with van der Waals surface area (Å²) in [6.45, 7) is 1.16. The van der Waals surface area contributed by atoms with E-state index in [1.165, 1.54) is 34.6 Å². The third-order valence-corrected chi connectivity index (χ3v) is 5.14. The molecular weight excluding hydrogens is 372 g/mol. The summed E-state index contributed by atoms with van der Waals surface area (Å²) in [6.07, 6.45) is 4.12. The monoisotopic (exact) mass is 388 g/mol. The number of aromatic nitrogens is 5. The van der Waals surface area contributed by atoms with Gasteiger partial charge in [0.1, 0.15) is 17.8 Å². The number of nitriles is 2. The van der Waals surface area contributed by atoms with E-state index in [-0.39, 0.29) is 11.7 Å². The van der Waals surface area contributed by atoms with Gasteiger partial charge in [-0.25, -0.2) is 15.0 Å². The predicted octanol–water partition coefficient (Wildman–Crippen LogP) is 0.470. The maximum atomic E-state index is 12.8. The van der Waals surface area contributed by atoms with Crippen molar-refractivity contribution in [3.05, 3.63) is 56.5 Å². The number of anilines is 1. The van der Waals surface area contributed by atoms with Crippen molar-refractivity contribution < 1.29 is 0 Å². The van der Waals surface area contributed by atoms with E-state index >= 15 is 0 Å². The molecule has 0 N–H and O–H groups in total. The Kier molecular flexibility index (Phi) is 4.53. The van der Waals surface area contributed by atoms with Crippen LogP contribution in [0.3, 0.4) is 0 Å². The Hall–Kier alpha value is -4.05. The van der Waals surface area contributed by atoms with Crippen molar-refractivity contribution in [2.75, 3.05) is 18.0 Å². The van der Waals surface area contributed by atoms with Crippen molar-refractivity contribution in [1.29, 1.82) is 10.5 Å². The second-order valence-corrected chi connectivity index (χ2v) is 6.79. The summed E-state index contributed by atoms with van der Waals surface area (Å²) in [6, 6.07) is 6.90. The fourth-order valence-electron chi connectivity index (χ4n) is 3.60. The highest BCUT2D eigenvalue weighted by molar-refractivity contribution is 5.71. The average molecular weight is 388 g/mol. The van der Waals surface area contributed by atoms with Crippen LogP contribution in [-0.2, 0) is 7.05 Å². The van der Waals surface area contributed by atoms with Crippen molar-refractivity contribution in [3.63, 3.8) is 0 Å². The lowest BCUT2D eigenvalue weighted by atomic mass is 10.0. The van der Waals surface area contributed by atoms with Crippen molar-refractivity contribution in [2.24, 2.45) is 7.05 Å². The number of hydrogen-bond donors (Lipinski definition) is 0. The van der Waals surface area contributed by atoms with E-state index in [4.69, 9.17) is 5.26 Å². The Morgan fingerprint density at radius 1 is 1.03 bits per heavy atom. The van der Waals surface area contributed by atoms with Gasteiger partial charge in [0, 0.05) is 26.2 Å². The van der Waals surface area contributed by atoms with Crippen LogP contribution in [0.1, 0.15) is 30.1 Å². The molecule has 29 heavy (non-hydrogen) atoms. The second kappa shape index (κ2) is 7.17. The van der Waals surface area contributed by atoms with Gasteiger partial charge in [0.15, 0.2) is 5.65 Å². The Morgan fingerprint density at radius 3 is 2.34 bits per heavy atom. The van der Waals surface area contributed by atoms with Gasteiger partial charge in [-0.1, -0.05) is 0 Å². The third kappa shape index (κ3) is 3.11. The molecule has 1 aliphatic heterocycles. The number of hydrogen-bond acceptors (Lipinski definition) is 8. The third-order valence-electron chi connectivity index (χ3n) is 5.14. The molecule has 1 fully saturated rings. The summed E-state index contributed by atoms with van der Waals surface area (Å²) in [5.74, 6) is 0.522. The molecule has 0 spiro atoms. The first-order valence-corrected chi connectivity index (χ1v) is 9.03. The number of fused-ring (bicyclic) bond motifs is 1. The highest BCUT2D eigenvalue weighted by atomic mass is 16.2. The number of rotatable bonds is 2. The maximum absolute atomic E-state index is 12.8. The molecule has 1 aliphatic rings. The van der Waals surface area contributed by atoms with Gasteiger partial charge < -0.3 is 9.47 Å². The summed E-state index contributed by atoms with van der Waals surface area (Å²) < 4.78 is 2.69. The molecule has 10 nitrogen and oxygen atoms in total. The van der Waals surface area contributed by atoms with Crippen LogP contribution in [0.5, 0.6) is 0 Å². The van der Waals surface area contributed by atoms with Crippen LogP contribution in [0.2, 0.25) is 0 Å². The standard InChI is InChI=1S/C19H16N8O2/c1-25-15-3-2-13(9-21)24-16(15)27(18(29)17(25)28)14-4-6-26(7-5-14)19-22-10-12(8-20)11-23-19/h2-3,10-11,14H,4-7H2,1H3. The lowest BCUT2D eigenvalue weighted by Crippen LogP contribution is -2.45. The van der Waals surface area contributed by atoms with Gasteiger partial charge in [0.05, 0.1) is 23.5 Å². The van der Waals surface area contributed by atoms with E-state index in [9.17, 15) is 14.9 Å². The highest BCUT2D eigenvalue weighted by Crippen LogP contribution is 2.25. The van der Waals surface area contributed by atoms with Crippen LogP contribution in [0.4, 0.5) is 5.95 Å². The van der Waals surface area contributed by atoms with Crippen LogP contribution in [0.25, 0.3) is 11.2 Å². The summed E-state index contributed by atoms with van der Waals surface area (Å²) >= 11 is 0. The Morgan fingerprint density at radius 2 is 1.72 bits per heavy atom. The topological polar surface area (TPSA) is 133 Å². The minimum absolute atomic E-state index is 0.188. The van der Waals surface area contributed by atoms with Gasteiger partial charge >= 0.3 is 11.1 Å². The van der Waals surface area contributed by atoms with E-state index in [1.807, 2.05) is 17.0 Å². The smallest absolute Gasteiger partial charge is 0.318 e. The second-order valence-electron chi connectivity index (χ2n) is 6.79. The highest BCUT2D eigenvalue weighted by Gasteiger charge is 2.26. The van der Waals surface area contributed by atoms with Crippen molar-refractivity contribution in [2.45, 2.75) is 18.9 Å². The molecule has 0 radical (unpaired) electrons. The quantitative estimate of drug-likeness (QED) is 0.578. The van der Waals surface area contributed by atoms with Crippen molar-refractivity contribution in [3.8, 4) is 12.1 Å². The largest absolute Gasteiger partial charge is 0.341 e. The summed E-state index contributed by atoms with van der Waals surface area (Å²) in [4.78, 5) is 39.9. The van der Waals surface area contributed by atoms with Crippen LogP contribution < -0.4 is 16.0 Å². The fourth-order valence-corrected chi connectivity index (χ4v) is 3.60. The molecule has 4 rings (SSSR count). The van der Waals surface area contributed by atoms with Crippen molar-refractivity contribution >= 4 is 17.1 Å². The molecule has 3 aromatic heterocycles. The van der Waals surface area contributed by atoms with Crippen LogP contribution in [0, 0.1) is 22.7 Å². The molecule has 0 aromatic carbocycles. The first kappa shape index (κ1) is 18.3. The number of pyridine rings is 1. The molecule has 4 heterocycles. The normalized spacial score (nSPS) is 14.5. The van der Waals surface area contributed by atoms with Gasteiger partial charge in [0.2, 0.25) is 5.95 Å². The predicted molar refractivity (Wildman–Crippen MR) is 103 cm³/mol. The first-order valence-electron chi connectivity index (χ1n) is 9.03. The van der Waals surface area contributed by atoms with Crippen LogP contribution >= 0.6 is 0 Å². The van der Waals surface area contributed by atoms with Gasteiger partial charge in [-0.15, -0.1) is 0 Å². The van der Waals surface area contributed by atoms with E-state index in [0.29, 0.717) is 48.6 Å². The minimum Gasteiger partial charge on any atom is -0.341 e. The first-order chi connectivity index (χ1) is 14.0. The van der Waals surface area contributed by atoms with Gasteiger partial charge in [-0.2, -0.15) is 10.5 Å². The average Bonchev–Trinajstić information content (AvgIpc) is 2.78. The number of aryl methyl sites for hydroxylation is 1. The van der Waals surface area contributed by atoms with Gasteiger partial charge in [0.25, 0.3) is 0 Å². The lowest BCUT2D eigenvalue weighted by Gasteiger charge is -2.33. The zero-order valence-corrected chi connectivity index (χ0v) is 15.6. The van der Waals surface area contributed by atoms with E-state index < -0.39 is 11.1 Å². The zero-order chi connectivity index (χ0) is 20.5. The maximum Gasteiger partial charge on any atom is 0.318 e. The summed E-state index contributed by atoms with van der Waals surface area (Å²) in [7, 11) is 1.52. The number of piperidine rings is 1. The van der Waals surface area contributed by atoms with Crippen molar-refractivity contribution in [1.82, 2.24) is 24.1 Å². The molecule has 0 unspecified atom stereocenters.